The molecule has 2 aliphatic rings. The zero-order chi connectivity index (χ0) is 15.6. The molecule has 0 spiro atoms. The van der Waals surface area contributed by atoms with Crippen molar-refractivity contribution in [2.24, 2.45) is 0 Å². The van der Waals surface area contributed by atoms with E-state index in [1.165, 1.54) is 0 Å². The van der Waals surface area contributed by atoms with Gasteiger partial charge in [-0.3, -0.25) is 9.59 Å². The third-order valence-electron chi connectivity index (χ3n) is 4.16. The highest BCUT2D eigenvalue weighted by atomic mass is 16.5. The molecule has 2 fully saturated rings. The molecule has 0 aromatic heterocycles. The van der Waals surface area contributed by atoms with Gasteiger partial charge in [-0.25, -0.2) is 0 Å². The molecule has 6 nitrogen and oxygen atoms in total. The summed E-state index contributed by atoms with van der Waals surface area (Å²) in [5.41, 5.74) is 0. The van der Waals surface area contributed by atoms with Gasteiger partial charge >= 0.3 is 0 Å². The van der Waals surface area contributed by atoms with Crippen molar-refractivity contribution in [2.45, 2.75) is 63.6 Å². The van der Waals surface area contributed by atoms with Crippen LogP contribution in [0.25, 0.3) is 0 Å². The molecule has 0 aromatic rings. The Kier molecular flexibility index (Phi) is 7.66. The largest absolute Gasteiger partial charge is 0.376 e. The quantitative estimate of drug-likeness (QED) is 0.626. The van der Waals surface area contributed by atoms with Gasteiger partial charge < -0.3 is 20.1 Å². The number of hydrogen-bond donors (Lipinski definition) is 2. The Morgan fingerprint density at radius 2 is 1.27 bits per heavy atom. The summed E-state index contributed by atoms with van der Waals surface area (Å²) in [5, 5.41) is 5.79. The molecule has 0 unspecified atom stereocenters. The van der Waals surface area contributed by atoms with Crippen LogP contribution in [0.4, 0.5) is 0 Å². The summed E-state index contributed by atoms with van der Waals surface area (Å²) in [6.07, 6.45) is 7.05. The highest BCUT2D eigenvalue weighted by Gasteiger charge is 2.17. The predicted molar refractivity (Wildman–Crippen MR) is 82.4 cm³/mol. The SMILES string of the molecule is O=C(CCCCC(=O)NC[C@@H]1CCCO1)NC[C@@H]1CCCO1. The summed E-state index contributed by atoms with van der Waals surface area (Å²) in [4.78, 5) is 23.3. The topological polar surface area (TPSA) is 76.7 Å². The van der Waals surface area contributed by atoms with Crippen molar-refractivity contribution < 1.29 is 19.1 Å². The number of carbonyl (C=O) groups excluding carboxylic acids is 2. The maximum absolute atomic E-state index is 11.7. The predicted octanol–water partition coefficient (Wildman–Crippen LogP) is 1.14. The number of amides is 2. The van der Waals surface area contributed by atoms with Gasteiger partial charge in [0, 0.05) is 39.1 Å². The lowest BCUT2D eigenvalue weighted by Gasteiger charge is -2.11. The van der Waals surface area contributed by atoms with E-state index in [4.69, 9.17) is 9.47 Å². The van der Waals surface area contributed by atoms with E-state index in [0.29, 0.717) is 25.9 Å². The third-order valence-corrected chi connectivity index (χ3v) is 4.16. The van der Waals surface area contributed by atoms with Crippen LogP contribution in [0.2, 0.25) is 0 Å². The Hall–Kier alpha value is -1.14. The summed E-state index contributed by atoms with van der Waals surface area (Å²) < 4.78 is 10.9. The zero-order valence-corrected chi connectivity index (χ0v) is 13.3. The Balaban J connectivity index is 1.42. The van der Waals surface area contributed by atoms with E-state index < -0.39 is 0 Å². The molecule has 2 amide bonds. The monoisotopic (exact) mass is 312 g/mol. The molecule has 0 radical (unpaired) electrons. The van der Waals surface area contributed by atoms with Gasteiger partial charge in [-0.15, -0.1) is 0 Å². The van der Waals surface area contributed by atoms with Crippen molar-refractivity contribution in [1.82, 2.24) is 10.6 Å². The molecule has 0 bridgehead atoms. The highest BCUT2D eigenvalue weighted by Crippen LogP contribution is 2.11. The van der Waals surface area contributed by atoms with E-state index in [-0.39, 0.29) is 24.0 Å². The molecule has 6 heteroatoms. The standard InChI is InChI=1S/C16H28N2O4/c19-15(17-11-13-5-3-9-21-13)7-1-2-8-16(20)18-12-14-6-4-10-22-14/h13-14H,1-12H2,(H,17,19)(H,18,20)/t13-,14-/m0/s1. The molecule has 0 aliphatic carbocycles. The number of hydrogen-bond acceptors (Lipinski definition) is 4. The van der Waals surface area contributed by atoms with E-state index in [0.717, 1.165) is 51.7 Å². The second-order valence-electron chi connectivity index (χ2n) is 6.09. The summed E-state index contributed by atoms with van der Waals surface area (Å²) in [7, 11) is 0. The van der Waals surface area contributed by atoms with Crippen LogP contribution in [-0.4, -0.2) is 50.3 Å². The van der Waals surface area contributed by atoms with Crippen molar-refractivity contribution in [2.75, 3.05) is 26.3 Å². The second kappa shape index (κ2) is 9.79. The maximum atomic E-state index is 11.7. The normalized spacial score (nSPS) is 24.4. The minimum Gasteiger partial charge on any atom is -0.376 e. The van der Waals surface area contributed by atoms with E-state index in [1.54, 1.807) is 0 Å². The first kappa shape index (κ1) is 17.2. The fourth-order valence-electron chi connectivity index (χ4n) is 2.81. The molecule has 126 valence electrons. The highest BCUT2D eigenvalue weighted by molar-refractivity contribution is 5.77. The van der Waals surface area contributed by atoms with Crippen LogP contribution in [0.5, 0.6) is 0 Å². The Morgan fingerprint density at radius 1 is 0.818 bits per heavy atom. The number of carbonyl (C=O) groups is 2. The lowest BCUT2D eigenvalue weighted by Crippen LogP contribution is -2.32. The number of rotatable bonds is 9. The molecular formula is C16H28N2O4. The van der Waals surface area contributed by atoms with Gasteiger partial charge in [0.2, 0.25) is 11.8 Å². The first-order valence-corrected chi connectivity index (χ1v) is 8.50. The number of ether oxygens (including phenoxy) is 2. The summed E-state index contributed by atoms with van der Waals surface area (Å²) in [6.45, 7) is 2.84. The summed E-state index contributed by atoms with van der Waals surface area (Å²) in [5.74, 6) is 0.102. The van der Waals surface area contributed by atoms with Crippen molar-refractivity contribution in [3.8, 4) is 0 Å². The third kappa shape index (κ3) is 6.75. The van der Waals surface area contributed by atoms with Gasteiger partial charge in [-0.1, -0.05) is 0 Å². The Bertz CT molecular complexity index is 316. The fraction of sp³-hybridized carbons (Fsp3) is 0.875. The zero-order valence-electron chi connectivity index (χ0n) is 13.3. The van der Waals surface area contributed by atoms with Crippen molar-refractivity contribution in [3.63, 3.8) is 0 Å². The van der Waals surface area contributed by atoms with Crippen molar-refractivity contribution in [3.05, 3.63) is 0 Å². The minimum absolute atomic E-state index is 0.0512. The molecule has 2 atom stereocenters. The Morgan fingerprint density at radius 3 is 1.64 bits per heavy atom. The van der Waals surface area contributed by atoms with Crippen LogP contribution in [-0.2, 0) is 19.1 Å². The van der Waals surface area contributed by atoms with Gasteiger partial charge in [-0.05, 0) is 38.5 Å². The first-order valence-electron chi connectivity index (χ1n) is 8.50. The van der Waals surface area contributed by atoms with E-state index >= 15 is 0 Å². The maximum Gasteiger partial charge on any atom is 0.220 e. The summed E-state index contributed by atoms with van der Waals surface area (Å²) in [6, 6.07) is 0. The Labute approximate surface area is 132 Å². The van der Waals surface area contributed by atoms with E-state index in [1.807, 2.05) is 0 Å². The average Bonchev–Trinajstić information content (AvgIpc) is 3.20. The van der Waals surface area contributed by atoms with Crippen LogP contribution in [0.3, 0.4) is 0 Å². The van der Waals surface area contributed by atoms with Gasteiger partial charge in [-0.2, -0.15) is 0 Å². The van der Waals surface area contributed by atoms with Gasteiger partial charge in [0.1, 0.15) is 0 Å². The van der Waals surface area contributed by atoms with Crippen LogP contribution >= 0.6 is 0 Å². The second-order valence-corrected chi connectivity index (χ2v) is 6.09. The van der Waals surface area contributed by atoms with Gasteiger partial charge in [0.05, 0.1) is 12.2 Å². The molecule has 2 heterocycles. The molecule has 0 aromatic carbocycles. The van der Waals surface area contributed by atoms with Crippen molar-refractivity contribution >= 4 is 11.8 Å². The van der Waals surface area contributed by atoms with Crippen LogP contribution in [0.1, 0.15) is 51.4 Å². The molecule has 2 N–H and O–H groups in total. The van der Waals surface area contributed by atoms with E-state index in [2.05, 4.69) is 10.6 Å². The molecule has 2 saturated heterocycles. The summed E-state index contributed by atoms with van der Waals surface area (Å²) >= 11 is 0. The molecule has 0 saturated carbocycles. The van der Waals surface area contributed by atoms with E-state index in [9.17, 15) is 9.59 Å². The first-order chi connectivity index (χ1) is 10.7. The fourth-order valence-corrected chi connectivity index (χ4v) is 2.81. The molecule has 22 heavy (non-hydrogen) atoms. The molecule has 2 rings (SSSR count). The molecule has 2 aliphatic heterocycles. The number of unbranched alkanes of at least 4 members (excludes halogenated alkanes) is 1. The average molecular weight is 312 g/mol. The van der Waals surface area contributed by atoms with Crippen LogP contribution < -0.4 is 10.6 Å². The van der Waals surface area contributed by atoms with Crippen molar-refractivity contribution in [1.29, 1.82) is 0 Å². The number of nitrogens with one attached hydrogen (secondary N) is 2. The van der Waals surface area contributed by atoms with Gasteiger partial charge in [0.25, 0.3) is 0 Å². The van der Waals surface area contributed by atoms with Gasteiger partial charge in [0.15, 0.2) is 0 Å². The minimum atomic E-state index is 0.0512. The van der Waals surface area contributed by atoms with Crippen LogP contribution in [0.15, 0.2) is 0 Å². The van der Waals surface area contributed by atoms with Crippen LogP contribution in [0, 0.1) is 0 Å². The lowest BCUT2D eigenvalue weighted by molar-refractivity contribution is -0.123. The molecular weight excluding hydrogens is 284 g/mol. The lowest BCUT2D eigenvalue weighted by atomic mass is 10.1. The smallest absolute Gasteiger partial charge is 0.220 e.